The standard InChI is InChI=1S/C18H16N3O.C14H14N.Ir/c1-2-3-9-20-10-11-21(13-20)14-6-7-17-16(12-14)15-5-4-8-19-18(15)22-17;1-10-4-6-13(7-5-10)14-8-11(2)12(3)9-15-14;/h4-5,7-8,10-12H,2-3,9H2,1H3;4-6,8-9H,1-3H3;/q+1;-1;. The molecular weight excluding hydrogens is 649 g/mol. The molecule has 3 aromatic heterocycles. The number of furan rings is 1. The van der Waals surface area contributed by atoms with Crippen LogP contribution in [-0.2, 0) is 20.1 Å². The van der Waals surface area contributed by atoms with Crippen molar-refractivity contribution in [1.29, 1.82) is 0 Å². The van der Waals surface area contributed by atoms with E-state index in [9.17, 15) is 0 Å². The number of nitrogens with zero attached hydrogens (tertiary/aromatic N) is 4. The Morgan fingerprint density at radius 3 is 2.58 bits per heavy atom. The number of rotatable bonds is 5. The monoisotopic (exact) mass is 679 g/mol. The summed E-state index contributed by atoms with van der Waals surface area (Å²) >= 11 is 0. The molecule has 0 aliphatic carbocycles. The fraction of sp³-hybridized carbons (Fsp3) is 0.219. The van der Waals surface area contributed by atoms with Gasteiger partial charge in [-0.3, -0.25) is 0 Å². The van der Waals surface area contributed by atoms with Crippen LogP contribution in [0.3, 0.4) is 0 Å². The van der Waals surface area contributed by atoms with Gasteiger partial charge in [0.2, 0.25) is 11.9 Å². The molecule has 0 fully saturated rings. The second-order valence-electron chi connectivity index (χ2n) is 9.30. The topological polar surface area (TPSA) is 44.9 Å². The summed E-state index contributed by atoms with van der Waals surface area (Å²) in [4.78, 5) is 8.67. The summed E-state index contributed by atoms with van der Waals surface area (Å²) in [6.45, 7) is 9.43. The SMILES string of the molecule is CCCC[N+]1=C=[N+](c2[c-]cc3oc4ncccc4c3c2)C=C1.Cc1c[c-]c(-c2cc(C)c(C)cn2)cc1.[Ir]. The van der Waals surface area contributed by atoms with Gasteiger partial charge in [-0.2, -0.15) is 0 Å². The number of benzene rings is 2. The Morgan fingerprint density at radius 2 is 1.82 bits per heavy atom. The van der Waals surface area contributed by atoms with Crippen molar-refractivity contribution in [2.75, 3.05) is 6.54 Å². The van der Waals surface area contributed by atoms with Gasteiger partial charge in [0.1, 0.15) is 5.69 Å². The molecular formula is C32H30IrN4O. The van der Waals surface area contributed by atoms with Crippen molar-refractivity contribution in [2.45, 2.75) is 40.5 Å². The van der Waals surface area contributed by atoms with Crippen LogP contribution in [0.4, 0.5) is 5.69 Å². The predicted octanol–water partition coefficient (Wildman–Crippen LogP) is 7.37. The molecule has 0 N–H and O–H groups in total. The summed E-state index contributed by atoms with van der Waals surface area (Å²) in [6, 6.07) is 26.0. The van der Waals surface area contributed by atoms with Crippen LogP contribution in [-0.4, -0.2) is 31.7 Å². The molecule has 0 saturated carbocycles. The maximum Gasteiger partial charge on any atom is 0.493 e. The van der Waals surface area contributed by atoms with Gasteiger partial charge in [-0.05, 0) is 37.2 Å². The summed E-state index contributed by atoms with van der Waals surface area (Å²) in [5.41, 5.74) is 8.21. The van der Waals surface area contributed by atoms with Gasteiger partial charge in [-0.15, -0.1) is 47.5 Å². The Hall–Kier alpha value is -3.69. The second-order valence-corrected chi connectivity index (χ2v) is 9.30. The molecule has 4 heterocycles. The van der Waals surface area contributed by atoms with Gasteiger partial charge in [-0.1, -0.05) is 52.5 Å². The van der Waals surface area contributed by atoms with E-state index in [0.29, 0.717) is 5.71 Å². The molecule has 1 aliphatic rings. The van der Waals surface area contributed by atoms with Gasteiger partial charge < -0.3 is 9.40 Å². The maximum atomic E-state index is 5.73. The number of aryl methyl sites for hydroxylation is 3. The molecule has 2 aromatic carbocycles. The molecule has 1 aliphatic heterocycles. The zero-order valence-corrected chi connectivity index (χ0v) is 24.5. The van der Waals surface area contributed by atoms with Gasteiger partial charge in [0.15, 0.2) is 6.54 Å². The number of aromatic nitrogens is 2. The van der Waals surface area contributed by atoms with E-state index in [0.717, 1.165) is 46.3 Å². The van der Waals surface area contributed by atoms with Crippen molar-refractivity contribution in [3.05, 3.63) is 102 Å². The minimum absolute atomic E-state index is 0. The quantitative estimate of drug-likeness (QED) is 0.144. The summed E-state index contributed by atoms with van der Waals surface area (Å²) < 4.78 is 9.78. The Morgan fingerprint density at radius 1 is 0.947 bits per heavy atom. The zero-order chi connectivity index (χ0) is 25.8. The molecule has 1 radical (unpaired) electrons. The zero-order valence-electron chi connectivity index (χ0n) is 22.1. The van der Waals surface area contributed by atoms with Gasteiger partial charge in [0, 0.05) is 49.9 Å². The smallest absolute Gasteiger partial charge is 0.493 e. The molecule has 0 spiro atoms. The van der Waals surface area contributed by atoms with Gasteiger partial charge in [0.25, 0.3) is 6.20 Å². The third kappa shape index (κ3) is 6.06. The number of hydrogen-bond acceptors (Lipinski definition) is 3. The van der Waals surface area contributed by atoms with E-state index in [1.54, 1.807) is 6.20 Å². The van der Waals surface area contributed by atoms with Crippen molar-refractivity contribution in [3.8, 4) is 11.3 Å². The van der Waals surface area contributed by atoms with Crippen LogP contribution in [0.15, 0.2) is 77.7 Å². The minimum Gasteiger partial charge on any atom is -0.502 e. The molecule has 0 atom stereocenters. The summed E-state index contributed by atoms with van der Waals surface area (Å²) in [6.07, 6.45) is 10.0. The number of hydrogen-bond donors (Lipinski definition) is 0. The molecule has 5 nitrogen and oxygen atoms in total. The predicted molar refractivity (Wildman–Crippen MR) is 147 cm³/mol. The van der Waals surface area contributed by atoms with Gasteiger partial charge in [0.05, 0.1) is 0 Å². The number of pyridine rings is 2. The largest absolute Gasteiger partial charge is 0.502 e. The van der Waals surface area contributed by atoms with Crippen molar-refractivity contribution in [2.24, 2.45) is 0 Å². The van der Waals surface area contributed by atoms with E-state index < -0.39 is 0 Å². The van der Waals surface area contributed by atoms with E-state index in [4.69, 9.17) is 4.42 Å². The first-order chi connectivity index (χ1) is 18.0. The fourth-order valence-corrected chi connectivity index (χ4v) is 4.05. The molecule has 0 bridgehead atoms. The van der Waals surface area contributed by atoms with E-state index >= 15 is 0 Å². The normalized spacial score (nSPS) is 12.1. The summed E-state index contributed by atoms with van der Waals surface area (Å²) in [5, 5.41) is 2.08. The fourth-order valence-electron chi connectivity index (χ4n) is 4.05. The Kier molecular flexibility index (Phi) is 8.81. The van der Waals surface area contributed by atoms with E-state index in [1.807, 2.05) is 47.4 Å². The Labute approximate surface area is 237 Å². The number of fused-ring (bicyclic) bond motifs is 3. The van der Waals surface area contributed by atoms with Crippen LogP contribution in [0.25, 0.3) is 33.3 Å². The van der Waals surface area contributed by atoms with Crippen molar-refractivity contribution in [3.63, 3.8) is 0 Å². The van der Waals surface area contributed by atoms with Crippen LogP contribution in [0.2, 0.25) is 0 Å². The molecule has 6 heteroatoms. The average molecular weight is 679 g/mol. The molecule has 0 unspecified atom stereocenters. The van der Waals surface area contributed by atoms with E-state index in [2.05, 4.69) is 84.6 Å². The minimum atomic E-state index is 0. The third-order valence-electron chi connectivity index (χ3n) is 6.43. The average Bonchev–Trinajstić information content (AvgIpc) is 3.54. The first kappa shape index (κ1) is 27.3. The van der Waals surface area contributed by atoms with Gasteiger partial charge >= 0.3 is 6.01 Å². The van der Waals surface area contributed by atoms with Crippen LogP contribution < -0.4 is 0 Å². The van der Waals surface area contributed by atoms with E-state index in [1.165, 1.54) is 23.1 Å². The van der Waals surface area contributed by atoms with Gasteiger partial charge in [-0.25, -0.2) is 4.98 Å². The Bertz CT molecular complexity index is 1680. The maximum absolute atomic E-state index is 5.73. The van der Waals surface area contributed by atoms with Crippen LogP contribution in [0, 0.1) is 32.9 Å². The second kappa shape index (κ2) is 12.2. The molecule has 0 amide bonds. The Balaban J connectivity index is 0.000000185. The number of unbranched alkanes of at least 4 members (excludes halogenated alkanes) is 1. The molecule has 6 rings (SSSR count). The van der Waals surface area contributed by atoms with E-state index in [-0.39, 0.29) is 20.1 Å². The van der Waals surface area contributed by atoms with Crippen molar-refractivity contribution in [1.82, 2.24) is 9.97 Å². The first-order valence-corrected chi connectivity index (χ1v) is 12.6. The summed E-state index contributed by atoms with van der Waals surface area (Å²) in [7, 11) is 0. The van der Waals surface area contributed by atoms with Crippen LogP contribution in [0.1, 0.15) is 36.5 Å². The molecule has 193 valence electrons. The third-order valence-corrected chi connectivity index (χ3v) is 6.43. The van der Waals surface area contributed by atoms with Crippen molar-refractivity contribution >= 4 is 33.8 Å². The van der Waals surface area contributed by atoms with Crippen LogP contribution >= 0.6 is 0 Å². The first-order valence-electron chi connectivity index (χ1n) is 12.6. The molecule has 5 aromatic rings. The molecule has 38 heavy (non-hydrogen) atoms. The summed E-state index contributed by atoms with van der Waals surface area (Å²) in [5.74, 6) is 0. The van der Waals surface area contributed by atoms with Crippen LogP contribution in [0.5, 0.6) is 0 Å². The van der Waals surface area contributed by atoms with Crippen molar-refractivity contribution < 1.29 is 33.7 Å². The molecule has 0 saturated heterocycles.